The number of imide groups is 1. The van der Waals surface area contributed by atoms with Gasteiger partial charge < -0.3 is 14.2 Å². The molecule has 0 saturated carbocycles. The molecule has 4 rings (SSSR count). The number of thioether (sulfide) groups is 1. The van der Waals surface area contributed by atoms with E-state index in [1.807, 2.05) is 31.2 Å². The molecular weight excluding hydrogens is 521 g/mol. The molecule has 1 aliphatic rings. The maximum Gasteiger partial charge on any atom is 0.293 e. The molecule has 36 heavy (non-hydrogen) atoms. The molecule has 1 heterocycles. The summed E-state index contributed by atoms with van der Waals surface area (Å²) in [6.07, 6.45) is 1.64. The summed E-state index contributed by atoms with van der Waals surface area (Å²) in [6, 6.07) is 18.1. The first kappa shape index (κ1) is 25.9. The van der Waals surface area contributed by atoms with Crippen molar-refractivity contribution in [3.8, 4) is 17.2 Å². The fraction of sp³-hybridized carbons (Fsp3) is 0.185. The van der Waals surface area contributed by atoms with Gasteiger partial charge in [0.05, 0.1) is 18.6 Å². The maximum absolute atomic E-state index is 12.9. The van der Waals surface area contributed by atoms with Crippen molar-refractivity contribution >= 4 is 52.2 Å². The molecule has 2 amide bonds. The number of hydrogen-bond donors (Lipinski definition) is 0. The van der Waals surface area contributed by atoms with Gasteiger partial charge in [-0.25, -0.2) is 0 Å². The Morgan fingerprint density at radius 1 is 0.917 bits per heavy atom. The third-order valence-corrected chi connectivity index (χ3v) is 6.98. The summed E-state index contributed by atoms with van der Waals surface area (Å²) >= 11 is 13.3. The highest BCUT2D eigenvalue weighted by Gasteiger charge is 2.35. The monoisotopic (exact) mass is 543 g/mol. The van der Waals surface area contributed by atoms with Crippen LogP contribution in [0.5, 0.6) is 17.2 Å². The fourth-order valence-corrected chi connectivity index (χ4v) is 4.82. The molecule has 3 aromatic rings. The smallest absolute Gasteiger partial charge is 0.293 e. The molecule has 6 nitrogen and oxygen atoms in total. The molecule has 0 spiro atoms. The van der Waals surface area contributed by atoms with Gasteiger partial charge in [-0.05, 0) is 66.7 Å². The summed E-state index contributed by atoms with van der Waals surface area (Å²) in [5.74, 6) is 1.41. The Balaban J connectivity index is 1.41. The second-order valence-electron chi connectivity index (χ2n) is 7.89. The number of benzene rings is 3. The lowest BCUT2D eigenvalue weighted by Gasteiger charge is -2.14. The van der Waals surface area contributed by atoms with Crippen LogP contribution in [0.2, 0.25) is 10.0 Å². The Labute approximate surface area is 223 Å². The molecule has 0 atom stereocenters. The van der Waals surface area contributed by atoms with E-state index in [0.29, 0.717) is 50.8 Å². The van der Waals surface area contributed by atoms with Crippen LogP contribution in [0, 0.1) is 6.92 Å². The van der Waals surface area contributed by atoms with Crippen molar-refractivity contribution in [1.29, 1.82) is 0 Å². The zero-order valence-corrected chi connectivity index (χ0v) is 22.0. The molecule has 0 radical (unpaired) electrons. The van der Waals surface area contributed by atoms with E-state index < -0.39 is 5.91 Å². The Morgan fingerprint density at radius 2 is 1.61 bits per heavy atom. The van der Waals surface area contributed by atoms with Crippen molar-refractivity contribution < 1.29 is 23.8 Å². The molecule has 1 saturated heterocycles. The number of carbonyl (C=O) groups excluding carboxylic acids is 2. The van der Waals surface area contributed by atoms with Gasteiger partial charge in [0.2, 0.25) is 0 Å². The van der Waals surface area contributed by atoms with E-state index in [1.165, 1.54) is 7.11 Å². The van der Waals surface area contributed by atoms with Crippen LogP contribution in [0.3, 0.4) is 0 Å². The zero-order valence-electron chi connectivity index (χ0n) is 19.6. The van der Waals surface area contributed by atoms with Crippen molar-refractivity contribution in [3.05, 3.63) is 92.3 Å². The fourth-order valence-electron chi connectivity index (χ4n) is 3.47. The standard InChI is InChI=1S/C27H23Cl2NO5S/c1-17-6-9-19(10-7-17)34-12-13-35-23-11-8-18(14-24(23)33-2)15-25-26(31)30(27(32)36-25)16-20-21(28)4-3-5-22(20)29/h3-11,14-15H,12-13,16H2,1-2H3/b25-15-. The van der Waals surface area contributed by atoms with Gasteiger partial charge in [0.1, 0.15) is 19.0 Å². The molecule has 0 aromatic heterocycles. The summed E-state index contributed by atoms with van der Waals surface area (Å²) in [6.45, 7) is 2.72. The molecule has 3 aromatic carbocycles. The van der Waals surface area contributed by atoms with Crippen molar-refractivity contribution in [2.75, 3.05) is 20.3 Å². The van der Waals surface area contributed by atoms with E-state index in [2.05, 4.69) is 0 Å². The molecule has 0 aliphatic carbocycles. The van der Waals surface area contributed by atoms with E-state index in [1.54, 1.807) is 42.5 Å². The number of amides is 2. The van der Waals surface area contributed by atoms with E-state index in [0.717, 1.165) is 28.0 Å². The van der Waals surface area contributed by atoms with Gasteiger partial charge in [-0.3, -0.25) is 14.5 Å². The molecular formula is C27H23Cl2NO5S. The van der Waals surface area contributed by atoms with Gasteiger partial charge in [-0.2, -0.15) is 0 Å². The number of carbonyl (C=O) groups is 2. The largest absolute Gasteiger partial charge is 0.493 e. The van der Waals surface area contributed by atoms with Gasteiger partial charge in [0.15, 0.2) is 11.5 Å². The zero-order chi connectivity index (χ0) is 25.7. The number of rotatable bonds is 9. The Morgan fingerprint density at radius 3 is 2.31 bits per heavy atom. The average molecular weight is 544 g/mol. The first-order chi connectivity index (χ1) is 17.4. The van der Waals surface area contributed by atoms with Crippen LogP contribution in [0.1, 0.15) is 16.7 Å². The lowest BCUT2D eigenvalue weighted by molar-refractivity contribution is -0.123. The first-order valence-electron chi connectivity index (χ1n) is 11.0. The van der Waals surface area contributed by atoms with Gasteiger partial charge in [-0.15, -0.1) is 0 Å². The summed E-state index contributed by atoms with van der Waals surface area (Å²) in [5.41, 5.74) is 2.38. The summed E-state index contributed by atoms with van der Waals surface area (Å²) < 4.78 is 17.0. The molecule has 0 unspecified atom stereocenters. The van der Waals surface area contributed by atoms with Crippen LogP contribution in [0.15, 0.2) is 65.6 Å². The van der Waals surface area contributed by atoms with E-state index in [4.69, 9.17) is 37.4 Å². The molecule has 1 aliphatic heterocycles. The second kappa shape index (κ2) is 11.7. The Hall–Kier alpha value is -3.13. The Bertz CT molecular complexity index is 1290. The minimum atomic E-state index is -0.409. The SMILES string of the molecule is COc1cc(/C=C2\SC(=O)N(Cc3c(Cl)cccc3Cl)C2=O)ccc1OCCOc1ccc(C)cc1. The second-order valence-corrected chi connectivity index (χ2v) is 9.70. The predicted molar refractivity (Wildman–Crippen MR) is 143 cm³/mol. The predicted octanol–water partition coefficient (Wildman–Crippen LogP) is 7.00. The quantitative estimate of drug-likeness (QED) is 0.213. The summed E-state index contributed by atoms with van der Waals surface area (Å²) in [4.78, 5) is 26.9. The van der Waals surface area contributed by atoms with E-state index in [-0.39, 0.29) is 11.8 Å². The lowest BCUT2D eigenvalue weighted by atomic mass is 10.1. The lowest BCUT2D eigenvalue weighted by Crippen LogP contribution is -2.27. The van der Waals surface area contributed by atoms with Crippen molar-refractivity contribution in [2.24, 2.45) is 0 Å². The molecule has 186 valence electrons. The van der Waals surface area contributed by atoms with Gasteiger partial charge >= 0.3 is 0 Å². The highest BCUT2D eigenvalue weighted by Crippen LogP contribution is 2.37. The number of aryl methyl sites for hydroxylation is 1. The highest BCUT2D eigenvalue weighted by atomic mass is 35.5. The topological polar surface area (TPSA) is 65.1 Å². The minimum Gasteiger partial charge on any atom is -0.493 e. The van der Waals surface area contributed by atoms with Crippen LogP contribution in [0.25, 0.3) is 6.08 Å². The maximum atomic E-state index is 12.9. The van der Waals surface area contributed by atoms with Crippen LogP contribution >= 0.6 is 35.0 Å². The van der Waals surface area contributed by atoms with Gasteiger partial charge in [-0.1, -0.05) is 53.0 Å². The van der Waals surface area contributed by atoms with Crippen LogP contribution < -0.4 is 14.2 Å². The Kier molecular flexibility index (Phi) is 8.46. The van der Waals surface area contributed by atoms with Crippen LogP contribution in [-0.2, 0) is 11.3 Å². The molecule has 1 fully saturated rings. The normalized spacial score (nSPS) is 14.4. The van der Waals surface area contributed by atoms with E-state index in [9.17, 15) is 9.59 Å². The number of ether oxygens (including phenoxy) is 3. The summed E-state index contributed by atoms with van der Waals surface area (Å²) in [7, 11) is 1.54. The third-order valence-electron chi connectivity index (χ3n) is 5.37. The number of methoxy groups -OCH3 is 1. The third kappa shape index (κ3) is 6.16. The van der Waals surface area contributed by atoms with Crippen LogP contribution in [0.4, 0.5) is 4.79 Å². The van der Waals surface area contributed by atoms with Crippen molar-refractivity contribution in [1.82, 2.24) is 4.90 Å². The van der Waals surface area contributed by atoms with E-state index >= 15 is 0 Å². The van der Waals surface area contributed by atoms with Crippen LogP contribution in [-0.4, -0.2) is 36.4 Å². The highest BCUT2D eigenvalue weighted by molar-refractivity contribution is 8.18. The minimum absolute atomic E-state index is 0.00126. The number of hydrogen-bond acceptors (Lipinski definition) is 6. The first-order valence-corrected chi connectivity index (χ1v) is 12.6. The van der Waals surface area contributed by atoms with Crippen molar-refractivity contribution in [3.63, 3.8) is 0 Å². The molecule has 0 N–H and O–H groups in total. The summed E-state index contributed by atoms with van der Waals surface area (Å²) in [5, 5.41) is 0.410. The molecule has 0 bridgehead atoms. The average Bonchev–Trinajstić information content (AvgIpc) is 3.12. The number of nitrogens with zero attached hydrogens (tertiary/aromatic N) is 1. The van der Waals surface area contributed by atoms with Gasteiger partial charge in [0, 0.05) is 15.6 Å². The van der Waals surface area contributed by atoms with Crippen molar-refractivity contribution in [2.45, 2.75) is 13.5 Å². The molecule has 9 heteroatoms. The van der Waals surface area contributed by atoms with Gasteiger partial charge in [0.25, 0.3) is 11.1 Å². The number of halogens is 2.